The summed E-state index contributed by atoms with van der Waals surface area (Å²) in [7, 11) is 0. The number of carbonyl (C=O) groups excluding carboxylic acids is 1. The lowest BCUT2D eigenvalue weighted by Gasteiger charge is -2.03. The fourth-order valence-electron chi connectivity index (χ4n) is 1.68. The molecule has 92 valence electrons. The van der Waals surface area contributed by atoms with Crippen LogP contribution in [0.15, 0.2) is 48.9 Å². The molecule has 0 unspecified atom stereocenters. The van der Waals surface area contributed by atoms with Gasteiger partial charge in [0, 0.05) is 5.56 Å². The molecule has 2 rings (SSSR count). The third-order valence-electron chi connectivity index (χ3n) is 2.52. The molecule has 0 bridgehead atoms. The van der Waals surface area contributed by atoms with Gasteiger partial charge in [0.1, 0.15) is 6.20 Å². The Kier molecular flexibility index (Phi) is 4.02. The summed E-state index contributed by atoms with van der Waals surface area (Å²) in [5, 5.41) is 0. The van der Waals surface area contributed by atoms with Gasteiger partial charge in [-0.1, -0.05) is 30.3 Å². The molecule has 0 fully saturated rings. The van der Waals surface area contributed by atoms with E-state index in [1.165, 1.54) is 6.20 Å². The van der Waals surface area contributed by atoms with E-state index in [9.17, 15) is 4.79 Å². The number of carbonyl (C=O) groups is 1. The van der Waals surface area contributed by atoms with Crippen molar-refractivity contribution in [2.75, 3.05) is 6.61 Å². The summed E-state index contributed by atoms with van der Waals surface area (Å²) in [4.78, 5) is 15.7. The van der Waals surface area contributed by atoms with Crippen molar-refractivity contribution in [3.05, 3.63) is 60.2 Å². The van der Waals surface area contributed by atoms with Gasteiger partial charge in [0.05, 0.1) is 12.8 Å². The zero-order chi connectivity index (χ0) is 12.8. The van der Waals surface area contributed by atoms with Crippen LogP contribution in [0, 0.1) is 0 Å². The van der Waals surface area contributed by atoms with Crippen LogP contribution in [0.2, 0.25) is 0 Å². The van der Waals surface area contributed by atoms with Gasteiger partial charge in [0.25, 0.3) is 0 Å². The number of nitrogens with zero attached hydrogens (tertiary/aromatic N) is 2. The highest BCUT2D eigenvalue weighted by Crippen LogP contribution is 2.00. The summed E-state index contributed by atoms with van der Waals surface area (Å²) in [5.41, 5.74) is 1.59. The molecule has 0 aliphatic rings. The van der Waals surface area contributed by atoms with Crippen molar-refractivity contribution in [3.63, 3.8) is 0 Å². The molecular weight excluding hydrogens is 228 g/mol. The van der Waals surface area contributed by atoms with Gasteiger partial charge < -0.3 is 4.74 Å². The highest BCUT2D eigenvalue weighted by atomic mass is 16.5. The van der Waals surface area contributed by atoms with Crippen LogP contribution >= 0.6 is 0 Å². The maximum absolute atomic E-state index is 11.8. The van der Waals surface area contributed by atoms with Crippen molar-refractivity contribution >= 4 is 5.97 Å². The second kappa shape index (κ2) is 5.91. The third-order valence-corrected chi connectivity index (χ3v) is 2.52. The summed E-state index contributed by atoms with van der Waals surface area (Å²) in [5.74, 6) is -0.346. The molecule has 0 spiro atoms. The summed E-state index contributed by atoms with van der Waals surface area (Å²) in [6.07, 6.45) is 4.96. The minimum atomic E-state index is -0.346. The SMILES string of the molecule is CCOC(=O)c1cncc[n+]1Cc1ccccc1. The van der Waals surface area contributed by atoms with Gasteiger partial charge in [-0.2, -0.15) is 4.57 Å². The fraction of sp³-hybridized carbons (Fsp3) is 0.214. The lowest BCUT2D eigenvalue weighted by Crippen LogP contribution is -2.41. The first-order valence-corrected chi connectivity index (χ1v) is 5.85. The van der Waals surface area contributed by atoms with Crippen LogP contribution in [0.5, 0.6) is 0 Å². The number of esters is 1. The van der Waals surface area contributed by atoms with Gasteiger partial charge in [0.15, 0.2) is 12.7 Å². The van der Waals surface area contributed by atoms with Crippen molar-refractivity contribution in [3.8, 4) is 0 Å². The van der Waals surface area contributed by atoms with Gasteiger partial charge in [0.2, 0.25) is 0 Å². The molecule has 0 atom stereocenters. The van der Waals surface area contributed by atoms with Crippen LogP contribution in [0.3, 0.4) is 0 Å². The topological polar surface area (TPSA) is 43.1 Å². The van der Waals surface area contributed by atoms with E-state index in [4.69, 9.17) is 4.74 Å². The Morgan fingerprint density at radius 2 is 2.11 bits per heavy atom. The smallest absolute Gasteiger partial charge is 0.405 e. The van der Waals surface area contributed by atoms with Gasteiger partial charge in [-0.25, -0.2) is 4.79 Å². The monoisotopic (exact) mass is 243 g/mol. The summed E-state index contributed by atoms with van der Waals surface area (Å²) in [6, 6.07) is 9.94. The predicted molar refractivity (Wildman–Crippen MR) is 65.9 cm³/mol. The number of aromatic nitrogens is 2. The van der Waals surface area contributed by atoms with Gasteiger partial charge in [-0.15, -0.1) is 0 Å². The van der Waals surface area contributed by atoms with Crippen molar-refractivity contribution in [1.29, 1.82) is 0 Å². The third kappa shape index (κ3) is 2.91. The molecule has 0 aliphatic heterocycles. The Bertz CT molecular complexity index is 526. The molecule has 18 heavy (non-hydrogen) atoms. The van der Waals surface area contributed by atoms with E-state index in [0.29, 0.717) is 18.8 Å². The Morgan fingerprint density at radius 1 is 1.33 bits per heavy atom. The zero-order valence-electron chi connectivity index (χ0n) is 10.2. The van der Waals surface area contributed by atoms with Crippen LogP contribution < -0.4 is 4.57 Å². The molecule has 0 amide bonds. The van der Waals surface area contributed by atoms with Crippen molar-refractivity contribution in [2.45, 2.75) is 13.5 Å². The second-order valence-electron chi connectivity index (χ2n) is 3.80. The highest BCUT2D eigenvalue weighted by Gasteiger charge is 2.20. The minimum Gasteiger partial charge on any atom is -0.458 e. The van der Waals surface area contributed by atoms with Crippen LogP contribution in [0.1, 0.15) is 23.0 Å². The Morgan fingerprint density at radius 3 is 2.83 bits per heavy atom. The van der Waals surface area contributed by atoms with E-state index in [-0.39, 0.29) is 5.97 Å². The first kappa shape index (κ1) is 12.2. The molecule has 0 radical (unpaired) electrons. The summed E-state index contributed by atoms with van der Waals surface area (Å²) < 4.78 is 6.84. The van der Waals surface area contributed by atoms with Crippen LogP contribution in [-0.2, 0) is 11.3 Å². The van der Waals surface area contributed by atoms with E-state index in [2.05, 4.69) is 4.98 Å². The molecule has 4 nitrogen and oxygen atoms in total. The lowest BCUT2D eigenvalue weighted by atomic mass is 10.2. The molecule has 1 aromatic heterocycles. The number of rotatable bonds is 4. The fourth-order valence-corrected chi connectivity index (χ4v) is 1.68. The predicted octanol–water partition coefficient (Wildman–Crippen LogP) is 1.59. The van der Waals surface area contributed by atoms with Crippen molar-refractivity contribution in [2.24, 2.45) is 0 Å². The van der Waals surface area contributed by atoms with Crippen LogP contribution in [0.25, 0.3) is 0 Å². The zero-order valence-corrected chi connectivity index (χ0v) is 10.2. The molecule has 1 heterocycles. The molecule has 0 saturated carbocycles. The largest absolute Gasteiger partial charge is 0.458 e. The first-order valence-electron chi connectivity index (χ1n) is 5.85. The second-order valence-corrected chi connectivity index (χ2v) is 3.80. The first-order chi connectivity index (χ1) is 8.81. The van der Waals surface area contributed by atoms with E-state index in [1.54, 1.807) is 19.3 Å². The number of hydrogen-bond donors (Lipinski definition) is 0. The highest BCUT2D eigenvalue weighted by molar-refractivity contribution is 5.85. The number of ether oxygens (including phenoxy) is 1. The van der Waals surface area contributed by atoms with E-state index in [1.807, 2.05) is 34.9 Å². The average molecular weight is 243 g/mol. The molecule has 1 aromatic carbocycles. The minimum absolute atomic E-state index is 0.346. The molecule has 4 heteroatoms. The quantitative estimate of drug-likeness (QED) is 0.605. The Hall–Kier alpha value is -2.23. The molecule has 0 aliphatic carbocycles. The van der Waals surface area contributed by atoms with Crippen LogP contribution in [-0.4, -0.2) is 17.6 Å². The molecular formula is C14H15N2O2+. The van der Waals surface area contributed by atoms with Crippen LogP contribution in [0.4, 0.5) is 0 Å². The maximum Gasteiger partial charge on any atom is 0.405 e. The van der Waals surface area contributed by atoms with Gasteiger partial charge in [-0.05, 0) is 6.92 Å². The standard InChI is InChI=1S/C14H15N2O2/c1-2-18-14(17)13-10-15-8-9-16(13)11-12-6-4-3-5-7-12/h3-10H,2,11H2,1H3/q+1. The Labute approximate surface area is 106 Å². The van der Waals surface area contributed by atoms with Crippen molar-refractivity contribution < 1.29 is 14.1 Å². The summed E-state index contributed by atoms with van der Waals surface area (Å²) in [6.45, 7) is 2.77. The molecule has 0 saturated heterocycles. The Balaban J connectivity index is 2.25. The molecule has 0 N–H and O–H groups in total. The molecule has 2 aromatic rings. The maximum atomic E-state index is 11.8. The summed E-state index contributed by atoms with van der Waals surface area (Å²) >= 11 is 0. The average Bonchev–Trinajstić information content (AvgIpc) is 2.41. The van der Waals surface area contributed by atoms with E-state index in [0.717, 1.165) is 5.56 Å². The van der Waals surface area contributed by atoms with Crippen molar-refractivity contribution in [1.82, 2.24) is 4.98 Å². The number of benzene rings is 1. The van der Waals surface area contributed by atoms with E-state index < -0.39 is 0 Å². The van der Waals surface area contributed by atoms with E-state index >= 15 is 0 Å². The van der Waals surface area contributed by atoms with Gasteiger partial charge >= 0.3 is 11.7 Å². The van der Waals surface area contributed by atoms with Gasteiger partial charge in [-0.3, -0.25) is 4.98 Å². The number of hydrogen-bond acceptors (Lipinski definition) is 3. The lowest BCUT2D eigenvalue weighted by molar-refractivity contribution is -0.691. The normalized spacial score (nSPS) is 10.1.